The molecule has 7 nitrogen and oxygen atoms in total. The van der Waals surface area contributed by atoms with E-state index in [1.165, 1.54) is 16.8 Å². The fourth-order valence-corrected chi connectivity index (χ4v) is 4.31. The summed E-state index contributed by atoms with van der Waals surface area (Å²) in [7, 11) is 0. The molecule has 28 heavy (non-hydrogen) atoms. The standard InChI is InChI=1S/C21H28N4O3/c1-14-5-4-6-17(15(14)2)23-9-11-24(12-10-23)18(26)13-25-19(27)21(3,16-7-8-16)22-20(25)28/h4-6,16H,7-13H2,1-3H3,(H,22,28)/t21-/m0/s1. The number of piperazine rings is 1. The lowest BCUT2D eigenvalue weighted by Crippen LogP contribution is -2.52. The van der Waals surface area contributed by atoms with E-state index < -0.39 is 11.6 Å². The van der Waals surface area contributed by atoms with Gasteiger partial charge in [-0.1, -0.05) is 12.1 Å². The van der Waals surface area contributed by atoms with E-state index in [-0.39, 0.29) is 24.3 Å². The highest BCUT2D eigenvalue weighted by Gasteiger charge is 2.56. The predicted molar refractivity (Wildman–Crippen MR) is 106 cm³/mol. The van der Waals surface area contributed by atoms with Gasteiger partial charge in [0.1, 0.15) is 12.1 Å². The van der Waals surface area contributed by atoms with Crippen molar-refractivity contribution in [2.75, 3.05) is 37.6 Å². The summed E-state index contributed by atoms with van der Waals surface area (Å²) in [5.74, 6) is -0.225. The Labute approximate surface area is 165 Å². The lowest BCUT2D eigenvalue weighted by molar-refractivity contribution is -0.139. The topological polar surface area (TPSA) is 73.0 Å². The monoisotopic (exact) mass is 384 g/mol. The van der Waals surface area contributed by atoms with Crippen LogP contribution in [0.1, 0.15) is 30.9 Å². The molecule has 4 amide bonds. The van der Waals surface area contributed by atoms with Gasteiger partial charge in [0.05, 0.1) is 0 Å². The highest BCUT2D eigenvalue weighted by atomic mass is 16.2. The summed E-state index contributed by atoms with van der Waals surface area (Å²) in [6, 6.07) is 5.84. The van der Waals surface area contributed by atoms with E-state index >= 15 is 0 Å². The van der Waals surface area contributed by atoms with Crippen molar-refractivity contribution in [2.45, 2.75) is 39.2 Å². The minimum absolute atomic E-state index is 0.163. The largest absolute Gasteiger partial charge is 0.368 e. The molecule has 4 rings (SSSR count). The number of rotatable bonds is 4. The van der Waals surface area contributed by atoms with Gasteiger partial charge >= 0.3 is 6.03 Å². The quantitative estimate of drug-likeness (QED) is 0.802. The van der Waals surface area contributed by atoms with Crippen LogP contribution in [0.5, 0.6) is 0 Å². The van der Waals surface area contributed by atoms with Crippen molar-refractivity contribution in [3.8, 4) is 0 Å². The number of aryl methyl sites for hydroxylation is 1. The Morgan fingerprint density at radius 1 is 1.14 bits per heavy atom. The summed E-state index contributed by atoms with van der Waals surface area (Å²) < 4.78 is 0. The molecular formula is C21H28N4O3. The summed E-state index contributed by atoms with van der Waals surface area (Å²) in [4.78, 5) is 42.9. The van der Waals surface area contributed by atoms with Gasteiger partial charge in [-0.05, 0) is 56.7 Å². The lowest BCUT2D eigenvalue weighted by Gasteiger charge is -2.37. The number of carbonyl (C=O) groups excluding carboxylic acids is 3. The van der Waals surface area contributed by atoms with Crippen LogP contribution in [0.4, 0.5) is 10.5 Å². The van der Waals surface area contributed by atoms with Crippen LogP contribution in [-0.4, -0.2) is 65.9 Å². The van der Waals surface area contributed by atoms with E-state index in [2.05, 4.69) is 42.3 Å². The van der Waals surface area contributed by atoms with Crippen molar-refractivity contribution < 1.29 is 14.4 Å². The number of nitrogens with one attached hydrogen (secondary N) is 1. The van der Waals surface area contributed by atoms with Crippen LogP contribution >= 0.6 is 0 Å². The van der Waals surface area contributed by atoms with Crippen LogP contribution in [0, 0.1) is 19.8 Å². The van der Waals surface area contributed by atoms with E-state index in [1.807, 2.05) is 0 Å². The minimum atomic E-state index is -0.835. The molecule has 0 aromatic heterocycles. The lowest BCUT2D eigenvalue weighted by atomic mass is 9.96. The van der Waals surface area contributed by atoms with Gasteiger partial charge in [0, 0.05) is 31.9 Å². The summed E-state index contributed by atoms with van der Waals surface area (Å²) in [6.07, 6.45) is 1.90. The second kappa shape index (κ2) is 6.79. The molecule has 7 heteroatoms. The van der Waals surface area contributed by atoms with Gasteiger partial charge in [-0.25, -0.2) is 4.79 Å². The zero-order valence-electron chi connectivity index (χ0n) is 16.8. The predicted octanol–water partition coefficient (Wildman–Crippen LogP) is 1.67. The molecule has 1 saturated carbocycles. The number of anilines is 1. The number of urea groups is 1. The maximum atomic E-state index is 12.7. The zero-order valence-corrected chi connectivity index (χ0v) is 16.8. The number of benzene rings is 1. The number of imide groups is 1. The first-order valence-corrected chi connectivity index (χ1v) is 10.0. The molecular weight excluding hydrogens is 356 g/mol. The minimum Gasteiger partial charge on any atom is -0.368 e. The van der Waals surface area contributed by atoms with Gasteiger partial charge in [0.25, 0.3) is 5.91 Å². The molecule has 0 bridgehead atoms. The van der Waals surface area contributed by atoms with E-state index in [9.17, 15) is 14.4 Å². The summed E-state index contributed by atoms with van der Waals surface area (Å²) in [6.45, 7) is 8.51. The maximum Gasteiger partial charge on any atom is 0.325 e. The number of hydrogen-bond donors (Lipinski definition) is 1. The van der Waals surface area contributed by atoms with Crippen LogP contribution in [0.15, 0.2) is 18.2 Å². The molecule has 2 saturated heterocycles. The van der Waals surface area contributed by atoms with Gasteiger partial charge in [0.2, 0.25) is 5.91 Å². The van der Waals surface area contributed by atoms with Crippen LogP contribution in [-0.2, 0) is 9.59 Å². The van der Waals surface area contributed by atoms with Crippen molar-refractivity contribution in [1.82, 2.24) is 15.1 Å². The zero-order chi connectivity index (χ0) is 20.1. The Morgan fingerprint density at radius 3 is 2.46 bits per heavy atom. The molecule has 1 aliphatic carbocycles. The first-order chi connectivity index (χ1) is 13.3. The summed E-state index contributed by atoms with van der Waals surface area (Å²) >= 11 is 0. The first-order valence-electron chi connectivity index (χ1n) is 10.0. The van der Waals surface area contributed by atoms with Gasteiger partial charge in [-0.2, -0.15) is 0 Å². The number of hydrogen-bond acceptors (Lipinski definition) is 4. The Morgan fingerprint density at radius 2 is 1.82 bits per heavy atom. The second-order valence-electron chi connectivity index (χ2n) is 8.38. The van der Waals surface area contributed by atoms with Crippen molar-refractivity contribution in [3.05, 3.63) is 29.3 Å². The van der Waals surface area contributed by atoms with Crippen molar-refractivity contribution >= 4 is 23.5 Å². The Kier molecular flexibility index (Phi) is 4.56. The molecule has 2 heterocycles. The maximum absolute atomic E-state index is 12.7. The second-order valence-corrected chi connectivity index (χ2v) is 8.38. The SMILES string of the molecule is Cc1cccc(N2CCN(C(=O)CN3C(=O)N[C@@](C)(C4CC4)C3=O)CC2)c1C. The highest BCUT2D eigenvalue weighted by Crippen LogP contribution is 2.42. The summed E-state index contributed by atoms with van der Waals surface area (Å²) in [5.41, 5.74) is 2.90. The molecule has 1 atom stereocenters. The average Bonchev–Trinajstić information content (AvgIpc) is 3.50. The molecule has 0 spiro atoms. The molecule has 150 valence electrons. The third kappa shape index (κ3) is 3.12. The Balaban J connectivity index is 1.36. The van der Waals surface area contributed by atoms with Crippen molar-refractivity contribution in [2.24, 2.45) is 5.92 Å². The van der Waals surface area contributed by atoms with Gasteiger partial charge in [-0.15, -0.1) is 0 Å². The third-order valence-corrected chi connectivity index (χ3v) is 6.54. The molecule has 1 aromatic rings. The fraction of sp³-hybridized carbons (Fsp3) is 0.571. The third-order valence-electron chi connectivity index (χ3n) is 6.54. The Bertz CT molecular complexity index is 827. The van der Waals surface area contributed by atoms with Crippen LogP contribution in [0.25, 0.3) is 0 Å². The fourth-order valence-electron chi connectivity index (χ4n) is 4.31. The van der Waals surface area contributed by atoms with Gasteiger partial charge in [0.15, 0.2) is 0 Å². The molecule has 2 aliphatic heterocycles. The molecule has 1 N–H and O–H groups in total. The van der Waals surface area contributed by atoms with E-state index in [0.717, 1.165) is 30.8 Å². The molecule has 1 aromatic carbocycles. The number of amides is 4. The van der Waals surface area contributed by atoms with Crippen LogP contribution in [0.2, 0.25) is 0 Å². The van der Waals surface area contributed by atoms with E-state index in [1.54, 1.807) is 11.8 Å². The van der Waals surface area contributed by atoms with Gasteiger partial charge in [-0.3, -0.25) is 14.5 Å². The molecule has 3 fully saturated rings. The number of carbonyl (C=O) groups is 3. The highest BCUT2D eigenvalue weighted by molar-refractivity contribution is 6.09. The van der Waals surface area contributed by atoms with Crippen molar-refractivity contribution in [1.29, 1.82) is 0 Å². The number of nitrogens with zero attached hydrogens (tertiary/aromatic N) is 3. The van der Waals surface area contributed by atoms with Crippen LogP contribution in [0.3, 0.4) is 0 Å². The van der Waals surface area contributed by atoms with Gasteiger partial charge < -0.3 is 15.1 Å². The molecule has 0 radical (unpaired) electrons. The van der Waals surface area contributed by atoms with Crippen LogP contribution < -0.4 is 10.2 Å². The first kappa shape index (κ1) is 18.8. The molecule has 3 aliphatic rings. The van der Waals surface area contributed by atoms with E-state index in [0.29, 0.717) is 13.1 Å². The van der Waals surface area contributed by atoms with E-state index in [4.69, 9.17) is 0 Å². The smallest absolute Gasteiger partial charge is 0.325 e. The molecule has 0 unspecified atom stereocenters. The normalized spacial score (nSPS) is 25.3. The summed E-state index contributed by atoms with van der Waals surface area (Å²) in [5, 5.41) is 2.80. The Hall–Kier alpha value is -2.57. The van der Waals surface area contributed by atoms with Crippen molar-refractivity contribution in [3.63, 3.8) is 0 Å². The average molecular weight is 384 g/mol.